The molecule has 4 aliphatic carbocycles. The summed E-state index contributed by atoms with van der Waals surface area (Å²) in [7, 11) is 8.02. The first-order chi connectivity index (χ1) is 28.7. The Morgan fingerprint density at radius 3 is 1.37 bits per heavy atom. The van der Waals surface area contributed by atoms with Crippen molar-refractivity contribution in [3.05, 3.63) is 95.1 Å². The second kappa shape index (κ2) is 19.6. The fraction of sp³-hybridized carbons (Fsp3) is 0.600. The highest BCUT2D eigenvalue weighted by atomic mass is 16.6. The third kappa shape index (κ3) is 10.1. The van der Waals surface area contributed by atoms with Gasteiger partial charge in [-0.15, -0.1) is 0 Å². The molecule has 0 radical (unpaired) electrons. The fourth-order valence-electron chi connectivity index (χ4n) is 11.0. The molecular weight excluding hydrogens is 753 g/mol. The van der Waals surface area contributed by atoms with E-state index < -0.39 is 23.1 Å². The summed E-state index contributed by atoms with van der Waals surface area (Å²) in [6.45, 7) is 11.2. The summed E-state index contributed by atoms with van der Waals surface area (Å²) >= 11 is 0. The van der Waals surface area contributed by atoms with Crippen molar-refractivity contribution in [1.82, 2.24) is 9.80 Å². The first-order valence-corrected chi connectivity index (χ1v) is 22.2. The smallest absolute Gasteiger partial charge is 0.418 e. The Balaban J connectivity index is 1.25. The summed E-state index contributed by atoms with van der Waals surface area (Å²) in [5.74, 6) is -1.07. The Morgan fingerprint density at radius 1 is 0.617 bits per heavy atom. The van der Waals surface area contributed by atoms with E-state index in [9.17, 15) is 9.59 Å². The lowest BCUT2D eigenvalue weighted by Gasteiger charge is -2.52. The highest BCUT2D eigenvalue weighted by molar-refractivity contribution is 6.30. The van der Waals surface area contributed by atoms with E-state index in [1.165, 1.54) is 11.1 Å². The van der Waals surface area contributed by atoms with Crippen LogP contribution in [-0.4, -0.2) is 99.9 Å². The lowest BCUT2D eigenvalue weighted by atomic mass is 9.59. The van der Waals surface area contributed by atoms with Crippen molar-refractivity contribution in [3.8, 4) is 0 Å². The zero-order valence-electron chi connectivity index (χ0n) is 37.5. The maximum absolute atomic E-state index is 14.5. The van der Waals surface area contributed by atoms with Crippen LogP contribution in [0.4, 0.5) is 0 Å². The zero-order chi connectivity index (χ0) is 43.0. The fourth-order valence-corrected chi connectivity index (χ4v) is 11.0. The van der Waals surface area contributed by atoms with Crippen molar-refractivity contribution in [2.75, 3.05) is 54.5 Å². The molecule has 4 aliphatic rings. The Hall–Kier alpha value is -4.28. The summed E-state index contributed by atoms with van der Waals surface area (Å²) < 4.78 is 13.4. The second-order valence-electron chi connectivity index (χ2n) is 19.2. The highest BCUT2D eigenvalue weighted by Gasteiger charge is 2.64. The third-order valence-corrected chi connectivity index (χ3v) is 14.7. The minimum atomic E-state index is -0.872. The molecule has 0 unspecified atom stereocenters. The van der Waals surface area contributed by atoms with Gasteiger partial charge in [0.1, 0.15) is 24.4 Å². The van der Waals surface area contributed by atoms with Crippen molar-refractivity contribution in [2.24, 2.45) is 33.0 Å². The van der Waals surface area contributed by atoms with Crippen molar-refractivity contribution < 1.29 is 28.7 Å². The molecule has 0 amide bonds. The minimum absolute atomic E-state index is 0.130. The normalized spacial score (nSPS) is 32.0. The molecule has 10 nitrogen and oxygen atoms in total. The Bertz CT molecular complexity index is 1740. The summed E-state index contributed by atoms with van der Waals surface area (Å²) in [6.07, 6.45) is 16.1. The molecule has 6 rings (SSSR count). The molecule has 326 valence electrons. The van der Waals surface area contributed by atoms with Crippen LogP contribution in [0.25, 0.3) is 0 Å². The quantitative estimate of drug-likeness (QED) is 0.0543. The Kier molecular flexibility index (Phi) is 14.8. The molecule has 8 atom stereocenters. The van der Waals surface area contributed by atoms with E-state index in [1.54, 1.807) is 12.4 Å². The van der Waals surface area contributed by atoms with Gasteiger partial charge in [0.25, 0.3) is 0 Å². The number of ether oxygens (including phenoxy) is 2. The van der Waals surface area contributed by atoms with Crippen molar-refractivity contribution >= 4 is 24.4 Å². The van der Waals surface area contributed by atoms with Crippen LogP contribution in [0, 0.1) is 22.7 Å². The van der Waals surface area contributed by atoms with Crippen LogP contribution in [0.3, 0.4) is 0 Å². The number of fused-ring (bicyclic) bond motifs is 2. The molecule has 4 saturated carbocycles. The van der Waals surface area contributed by atoms with E-state index in [2.05, 4.69) is 94.6 Å². The number of hydrogen-bond donors (Lipinski definition) is 0. The van der Waals surface area contributed by atoms with E-state index >= 15 is 0 Å². The molecule has 2 aromatic carbocycles. The molecule has 0 saturated heterocycles. The maximum Gasteiger partial charge on any atom is 0.418 e. The molecule has 0 spiro atoms. The van der Waals surface area contributed by atoms with E-state index in [1.807, 2.05) is 54.2 Å². The van der Waals surface area contributed by atoms with Crippen LogP contribution in [0.2, 0.25) is 0 Å². The lowest BCUT2D eigenvalue weighted by Crippen LogP contribution is -2.55. The summed E-state index contributed by atoms with van der Waals surface area (Å²) in [5, 5.41) is 8.45. The minimum Gasteiger partial charge on any atom is -0.450 e. The molecule has 0 aliphatic heterocycles. The monoisotopic (exact) mass is 823 g/mol. The molecule has 0 heterocycles. The van der Waals surface area contributed by atoms with E-state index in [0.29, 0.717) is 38.9 Å². The number of hydrogen-bond acceptors (Lipinski definition) is 10. The maximum atomic E-state index is 14.5. The number of carbonyl (C=O) groups excluding carboxylic acids is 2. The van der Waals surface area contributed by atoms with Gasteiger partial charge in [-0.2, -0.15) is 0 Å². The average Bonchev–Trinajstić information content (AvgIpc) is 3.66. The van der Waals surface area contributed by atoms with Gasteiger partial charge in [-0.25, -0.2) is 9.59 Å². The van der Waals surface area contributed by atoms with Crippen molar-refractivity contribution in [2.45, 2.75) is 115 Å². The van der Waals surface area contributed by atoms with Crippen LogP contribution in [-0.2, 0) is 28.7 Å². The van der Waals surface area contributed by atoms with Crippen LogP contribution in [0.5, 0.6) is 0 Å². The van der Waals surface area contributed by atoms with E-state index in [4.69, 9.17) is 19.1 Å². The number of rotatable bonds is 16. The number of esters is 2. The van der Waals surface area contributed by atoms with Crippen molar-refractivity contribution in [1.29, 1.82) is 0 Å². The molecule has 60 heavy (non-hydrogen) atoms. The number of allylic oxidation sites excluding steroid dienone is 4. The summed E-state index contributed by atoms with van der Waals surface area (Å²) in [6, 6.07) is 21.0. The van der Waals surface area contributed by atoms with Crippen molar-refractivity contribution in [3.63, 3.8) is 0 Å². The third-order valence-electron chi connectivity index (χ3n) is 14.7. The van der Waals surface area contributed by atoms with Gasteiger partial charge >= 0.3 is 11.9 Å². The van der Waals surface area contributed by atoms with Gasteiger partial charge in [0, 0.05) is 23.9 Å². The number of nitrogens with zero attached hydrogens (tertiary/aromatic N) is 4. The zero-order valence-corrected chi connectivity index (χ0v) is 37.5. The Morgan fingerprint density at radius 2 is 1.00 bits per heavy atom. The van der Waals surface area contributed by atoms with Gasteiger partial charge < -0.3 is 28.9 Å². The van der Waals surface area contributed by atoms with Crippen LogP contribution < -0.4 is 0 Å². The lowest BCUT2D eigenvalue weighted by molar-refractivity contribution is -0.207. The average molecular weight is 823 g/mol. The largest absolute Gasteiger partial charge is 0.450 e. The van der Waals surface area contributed by atoms with Gasteiger partial charge in [0.05, 0.1) is 12.4 Å². The molecule has 2 aromatic rings. The molecular formula is C50H70N4O6. The first kappa shape index (κ1) is 45.3. The van der Waals surface area contributed by atoms with Gasteiger partial charge in [0.15, 0.2) is 0 Å². The summed E-state index contributed by atoms with van der Waals surface area (Å²) in [5.41, 5.74) is 2.04. The standard InChI is InChI=1S/C50H70N4O6/c1-37(35-51-57-29-27-53(5)6)31-43-21-25-49(33-41(19-23-47(43,49)3)39-15-11-9-12-16-39)59-45(55)46(56)60-50-26-22-44(32-38(2)36-52-58-30-28-54(7)8)48(50,4)24-20-42(34-50)40-17-13-10-14-18-40/h9-18,31-32,35-36,41-44H,19-30,33-34H2,1-8H3/b37-31?,38-32?,51-35+,52-36+/t41-,42-,43+,44+,47+,48+,49-,50-/m0/s1. The van der Waals surface area contributed by atoms with Gasteiger partial charge in [-0.1, -0.05) is 97.0 Å². The number of likely N-dealkylation sites (N-methyl/N-ethyl adjacent to an activating group) is 2. The predicted molar refractivity (Wildman–Crippen MR) is 239 cm³/mol. The molecule has 0 bridgehead atoms. The van der Waals surface area contributed by atoms with Gasteiger partial charge in [-0.3, -0.25) is 0 Å². The molecule has 0 N–H and O–H groups in total. The van der Waals surface area contributed by atoms with Crippen LogP contribution in [0.1, 0.15) is 115 Å². The predicted octanol–water partition coefficient (Wildman–Crippen LogP) is 9.34. The van der Waals surface area contributed by atoms with Crippen LogP contribution >= 0.6 is 0 Å². The highest BCUT2D eigenvalue weighted by Crippen LogP contribution is 2.65. The summed E-state index contributed by atoms with van der Waals surface area (Å²) in [4.78, 5) is 44.1. The van der Waals surface area contributed by atoms with E-state index in [0.717, 1.165) is 62.8 Å². The topological polar surface area (TPSA) is 102 Å². The van der Waals surface area contributed by atoms with Crippen LogP contribution in [0.15, 0.2) is 94.3 Å². The molecule has 4 fully saturated rings. The van der Waals surface area contributed by atoms with Gasteiger partial charge in [-0.05, 0) is 152 Å². The first-order valence-electron chi connectivity index (χ1n) is 22.2. The number of benzene rings is 2. The number of oxime groups is 2. The molecule has 0 aromatic heterocycles. The molecule has 10 heteroatoms. The SMILES string of the molecule is CC(=C[C@H]1CC[C@]2(OC(=O)C(=O)O[C@]34CC[C@H](C=C(C)/C=N/OCCN(C)C)[C@@]3(C)CC[C@H](c3ccccc3)C4)C[C@@H](c3ccccc3)CC[C@]12C)/C=N/OCCN(C)C. The van der Waals surface area contributed by atoms with Gasteiger partial charge in [0.2, 0.25) is 0 Å². The Labute approximate surface area is 359 Å². The second-order valence-corrected chi connectivity index (χ2v) is 19.2. The number of carbonyl (C=O) groups is 2. The van der Waals surface area contributed by atoms with E-state index in [-0.39, 0.29) is 34.5 Å².